The Labute approximate surface area is 756 Å². The average Bonchev–Trinajstić information content (AvgIpc) is 0.778. The van der Waals surface area contributed by atoms with Crippen LogP contribution in [-0.4, -0.2) is 114 Å². The summed E-state index contributed by atoms with van der Waals surface area (Å²) in [7, 11) is -8.76. The van der Waals surface area contributed by atoms with Gasteiger partial charge in [0.05, 0.1) is 92.4 Å². The summed E-state index contributed by atoms with van der Waals surface area (Å²) in [6.45, 7) is 3.99. The van der Waals surface area contributed by atoms with Gasteiger partial charge in [0, 0.05) is 111 Å². The van der Waals surface area contributed by atoms with Crippen molar-refractivity contribution in [3.8, 4) is 50.6 Å². The number of nitrogen functional groups attached to an aromatic ring is 1. The number of ketones is 6. The number of Topliss-reactive ketones (excluding diaryl/α,β-unsaturated/α-hetero) is 6. The van der Waals surface area contributed by atoms with Crippen molar-refractivity contribution in [1.29, 1.82) is 0 Å². The molecule has 127 heavy (non-hydrogen) atoms. The van der Waals surface area contributed by atoms with Crippen molar-refractivity contribution >= 4 is 99.1 Å². The highest BCUT2D eigenvalue weighted by Crippen LogP contribution is 2.39. The molecule has 0 bridgehead atoms. The highest BCUT2D eigenvalue weighted by atomic mass is 35.5. The van der Waals surface area contributed by atoms with E-state index in [9.17, 15) is 77.6 Å². The van der Waals surface area contributed by atoms with Crippen LogP contribution in [0.15, 0.2) is 294 Å². The highest BCUT2D eigenvalue weighted by molar-refractivity contribution is 6.32. The molecule has 0 saturated heterocycles. The Balaban J connectivity index is 0.000000200. The van der Waals surface area contributed by atoms with Crippen LogP contribution in [0.5, 0.6) is 17.2 Å². The molecule has 646 valence electrons. The molecule has 0 aliphatic carbocycles. The number of carboxylic acid groups (broad SMARTS) is 4. The van der Waals surface area contributed by atoms with Gasteiger partial charge in [0.1, 0.15) is 17.2 Å². The molecule has 0 spiro atoms. The SMILES string of the molecule is Nc1ccc(C(=O)O)cc1.[2H]C([2H])([2H])Oc1cn(C(Cc2ccccc2)C(=O)Cc2ccc(C(=O)O)cc2)c(=O)cc1-c1cc(Cl)ccc1C(C)=O.[2H]C([2H])([2H])Oc1cn([C@@H](Cc2ccccc2)C(=O)Cc2ccc(C(=O)O)cc2)c(=O)cc1-c1cc(Cl)ccc1C(C)=O.[2H]C([2H])([2H])Oc1cn([C@H](Cc2ccccc2)C(=O)Cc2ccc(C(=O)O)cc2)c(=O)cc1-c1cc(Cl)ccc1C(C)=O. The molecule has 10 aromatic carbocycles. The molecule has 3 heterocycles. The van der Waals surface area contributed by atoms with Crippen LogP contribution in [-0.2, 0) is 52.9 Å². The lowest BCUT2D eigenvalue weighted by Gasteiger charge is -2.21. The minimum Gasteiger partial charge on any atom is -0.495 e. The van der Waals surface area contributed by atoms with E-state index in [1.165, 1.54) is 179 Å². The maximum Gasteiger partial charge on any atom is 0.335 e. The number of carbonyl (C=O) groups excluding carboxylic acids is 6. The van der Waals surface area contributed by atoms with Crippen molar-refractivity contribution < 1.29 is 94.9 Å². The number of aromatic nitrogens is 3. The van der Waals surface area contributed by atoms with Gasteiger partial charge in [-0.15, -0.1) is 0 Å². The van der Waals surface area contributed by atoms with Crippen molar-refractivity contribution in [2.75, 3.05) is 26.8 Å². The molecule has 0 fully saturated rings. The first-order valence-corrected chi connectivity index (χ1v) is 39.8. The smallest absolute Gasteiger partial charge is 0.335 e. The number of ether oxygens (including phenoxy) is 3. The molecule has 13 rings (SSSR count). The monoisotopic (exact) mass is 1780 g/mol. The normalized spacial score (nSPS) is 12.7. The first kappa shape index (κ1) is 81.7. The van der Waals surface area contributed by atoms with Gasteiger partial charge in [-0.2, -0.15) is 0 Å². The average molecular weight is 1780 g/mol. The molecule has 27 heteroatoms. The number of methoxy groups -OCH3 is 3. The standard InChI is InChI=1S/3C31H26ClNO6.C7H7NO2/c3*1-19(34)24-13-12-23(32)16-25(24)26-17-30(36)33(18-29(26)39-2)27(14-20-6-4-3-5-7-20)28(35)15-21-8-10-22(11-9-21)31(37)38;8-6-3-1-5(2-4-6)7(9)10/h3*3-13,16-18,27H,14-15H2,1-2H3,(H,37,38);1-4H,8H2,(H,9,10)/t2*27-;;/m10../s1/i3*2D3;. The molecule has 3 aromatic heterocycles. The Bertz CT molecular complexity index is 6240. The fourth-order valence-corrected chi connectivity index (χ4v) is 14.3. The lowest BCUT2D eigenvalue weighted by Crippen LogP contribution is -2.32. The Morgan fingerprint density at radius 3 is 0.780 bits per heavy atom. The lowest BCUT2D eigenvalue weighted by molar-refractivity contribution is -0.122. The van der Waals surface area contributed by atoms with E-state index < -0.39 is 79.8 Å². The van der Waals surface area contributed by atoms with Crippen molar-refractivity contribution in [1.82, 2.24) is 13.7 Å². The van der Waals surface area contributed by atoms with Crippen LogP contribution < -0.4 is 36.6 Å². The van der Waals surface area contributed by atoms with Gasteiger partial charge in [-0.25, -0.2) is 19.2 Å². The number of rotatable bonds is 31. The number of halogens is 3. The summed E-state index contributed by atoms with van der Waals surface area (Å²) in [6, 6.07) is 63.9. The summed E-state index contributed by atoms with van der Waals surface area (Å²) in [5.74, 6) is -7.08. The number of pyridine rings is 3. The number of carboxylic acids is 4. The third kappa shape index (κ3) is 24.9. The summed E-state index contributed by atoms with van der Waals surface area (Å²) in [4.78, 5) is 163. The van der Waals surface area contributed by atoms with Gasteiger partial charge in [0.2, 0.25) is 0 Å². The van der Waals surface area contributed by atoms with E-state index in [0.717, 1.165) is 48.6 Å². The molecule has 6 N–H and O–H groups in total. The minimum atomic E-state index is -2.92. The molecule has 0 saturated carbocycles. The summed E-state index contributed by atoms with van der Waals surface area (Å²) < 4.78 is 88.8. The molecule has 1 unspecified atom stereocenters. The second-order valence-corrected chi connectivity index (χ2v) is 30.2. The number of hydrogen-bond acceptors (Lipinski definition) is 17. The third-order valence-electron chi connectivity index (χ3n) is 20.2. The van der Waals surface area contributed by atoms with Crippen molar-refractivity contribution in [3.05, 3.63) is 398 Å². The van der Waals surface area contributed by atoms with E-state index in [4.69, 9.17) is 72.2 Å². The number of anilines is 1. The number of hydrogen-bond donors (Lipinski definition) is 5. The van der Waals surface area contributed by atoms with Gasteiger partial charge in [-0.05, 0) is 186 Å². The van der Waals surface area contributed by atoms with Crippen molar-refractivity contribution in [3.63, 3.8) is 0 Å². The fraction of sp³-hybridized carbons (Fsp3) is 0.150. The zero-order valence-electron chi connectivity index (χ0n) is 76.9. The quantitative estimate of drug-likeness (QED) is 0.0199. The largest absolute Gasteiger partial charge is 0.495 e. The van der Waals surface area contributed by atoms with Gasteiger partial charge in [-0.3, -0.25) is 43.2 Å². The van der Waals surface area contributed by atoms with E-state index in [-0.39, 0.29) is 178 Å². The van der Waals surface area contributed by atoms with E-state index in [2.05, 4.69) is 0 Å². The van der Waals surface area contributed by atoms with Gasteiger partial charge in [0.15, 0.2) is 34.7 Å². The second kappa shape index (κ2) is 43.9. The van der Waals surface area contributed by atoms with Gasteiger partial charge in [-0.1, -0.05) is 162 Å². The van der Waals surface area contributed by atoms with Crippen molar-refractivity contribution in [2.24, 2.45) is 0 Å². The summed E-state index contributed by atoms with van der Waals surface area (Å²) in [5.41, 5.74) is 9.69. The predicted octanol–water partition coefficient (Wildman–Crippen LogP) is 18.0. The van der Waals surface area contributed by atoms with E-state index in [1.54, 1.807) is 84.9 Å². The minimum absolute atomic E-state index is 0.0373. The first-order valence-electron chi connectivity index (χ1n) is 43.2. The van der Waals surface area contributed by atoms with Gasteiger partial charge >= 0.3 is 23.9 Å². The lowest BCUT2D eigenvalue weighted by atomic mass is 9.95. The van der Waals surface area contributed by atoms with Crippen molar-refractivity contribution in [2.45, 2.75) is 77.4 Å². The molecule has 24 nitrogen and oxygen atoms in total. The van der Waals surface area contributed by atoms with Crippen LogP contribution in [0.2, 0.25) is 15.1 Å². The summed E-state index contributed by atoms with van der Waals surface area (Å²) in [6.07, 6.45) is 3.48. The van der Waals surface area contributed by atoms with Crippen LogP contribution in [0.25, 0.3) is 33.4 Å². The van der Waals surface area contributed by atoms with Gasteiger partial charge < -0.3 is 54.1 Å². The molecule has 0 aliphatic heterocycles. The number of carbonyl (C=O) groups is 10. The highest BCUT2D eigenvalue weighted by Gasteiger charge is 2.30. The molecule has 0 aliphatic rings. The van der Waals surface area contributed by atoms with E-state index in [1.807, 2.05) is 18.2 Å². The molecule has 0 amide bonds. The Morgan fingerprint density at radius 1 is 0.323 bits per heavy atom. The molecular weight excluding hydrogens is 1680 g/mol. The maximum absolute atomic E-state index is 13.7. The topological polar surface area (TPSA) is 371 Å². The predicted molar refractivity (Wildman–Crippen MR) is 485 cm³/mol. The first-order chi connectivity index (χ1) is 64.2. The van der Waals surface area contributed by atoms with Crippen LogP contribution in [0.3, 0.4) is 0 Å². The van der Waals surface area contributed by atoms with Crippen LogP contribution in [0.4, 0.5) is 5.69 Å². The van der Waals surface area contributed by atoms with Crippen LogP contribution >= 0.6 is 34.8 Å². The Morgan fingerprint density at radius 2 is 0.559 bits per heavy atom. The maximum atomic E-state index is 13.7. The van der Waals surface area contributed by atoms with E-state index >= 15 is 0 Å². The zero-order chi connectivity index (χ0) is 99.4. The Hall–Kier alpha value is -15.0. The fourth-order valence-electron chi connectivity index (χ4n) is 13.8. The number of benzene rings is 10. The molecule has 13 aromatic rings. The number of nitrogens with two attached hydrogens (primary N) is 1. The number of aromatic carboxylic acids is 4. The Kier molecular flexibility index (Phi) is 28.2. The summed E-state index contributed by atoms with van der Waals surface area (Å²) in [5, 5.41) is 36.7. The van der Waals surface area contributed by atoms with Crippen LogP contribution in [0, 0.1) is 0 Å². The van der Waals surface area contributed by atoms with E-state index in [0.29, 0.717) is 22.4 Å². The van der Waals surface area contributed by atoms with Gasteiger partial charge in [0.25, 0.3) is 16.7 Å². The molecule has 0 radical (unpaired) electrons. The molecule has 3 atom stereocenters. The molecular formula is C100H85Cl3N4O20. The van der Waals surface area contributed by atoms with Crippen LogP contribution in [0.1, 0.15) is 157 Å². The number of nitrogens with zero attached hydrogens (tertiary/aromatic N) is 3. The third-order valence-corrected chi connectivity index (χ3v) is 21.0. The second-order valence-electron chi connectivity index (χ2n) is 28.9. The zero-order valence-corrected chi connectivity index (χ0v) is 70.2. The summed E-state index contributed by atoms with van der Waals surface area (Å²) >= 11 is 18.6.